The molecule has 4 nitrogen and oxygen atoms in total. The van der Waals surface area contributed by atoms with E-state index >= 15 is 0 Å². The zero-order valence-electron chi connectivity index (χ0n) is 10.9. The number of likely N-dealkylation sites (N-methyl/N-ethyl adjacent to an activating group) is 2. The van der Waals surface area contributed by atoms with E-state index in [1.165, 1.54) is 0 Å². The van der Waals surface area contributed by atoms with Gasteiger partial charge in [-0.15, -0.1) is 0 Å². The molecule has 0 aromatic heterocycles. The highest BCUT2D eigenvalue weighted by molar-refractivity contribution is 5.39. The quantitative estimate of drug-likeness (QED) is 0.668. The van der Waals surface area contributed by atoms with Gasteiger partial charge >= 0.3 is 0 Å². The van der Waals surface area contributed by atoms with Gasteiger partial charge in [-0.05, 0) is 32.6 Å². The second kappa shape index (κ2) is 7.92. The molecular formula is C13H22N2O2. The van der Waals surface area contributed by atoms with Gasteiger partial charge in [0.2, 0.25) is 0 Å². The van der Waals surface area contributed by atoms with Gasteiger partial charge in [0.1, 0.15) is 24.7 Å². The molecule has 0 bridgehead atoms. The Morgan fingerprint density at radius 2 is 1.65 bits per heavy atom. The summed E-state index contributed by atoms with van der Waals surface area (Å²) in [6.07, 6.45) is 0. The molecule has 1 rings (SSSR count). The van der Waals surface area contributed by atoms with Gasteiger partial charge in [0.05, 0.1) is 0 Å². The van der Waals surface area contributed by atoms with Gasteiger partial charge in [-0.1, -0.05) is 6.07 Å². The molecule has 0 unspecified atom stereocenters. The molecule has 0 aliphatic heterocycles. The number of hydrogen-bond donors (Lipinski definition) is 2. The summed E-state index contributed by atoms with van der Waals surface area (Å²) in [5.74, 6) is 1.74. The molecule has 0 saturated carbocycles. The number of hydrogen-bond acceptors (Lipinski definition) is 4. The van der Waals surface area contributed by atoms with Crippen LogP contribution in [0.15, 0.2) is 18.2 Å². The van der Waals surface area contributed by atoms with E-state index in [9.17, 15) is 0 Å². The van der Waals surface area contributed by atoms with E-state index in [0.717, 1.165) is 30.2 Å². The zero-order chi connectivity index (χ0) is 12.5. The van der Waals surface area contributed by atoms with Gasteiger partial charge in [-0.25, -0.2) is 0 Å². The van der Waals surface area contributed by atoms with Crippen molar-refractivity contribution in [3.05, 3.63) is 23.8 Å². The Labute approximate surface area is 103 Å². The summed E-state index contributed by atoms with van der Waals surface area (Å²) in [7, 11) is 3.82. The first-order chi connectivity index (χ1) is 8.27. The van der Waals surface area contributed by atoms with Crippen LogP contribution < -0.4 is 20.1 Å². The fourth-order valence-electron chi connectivity index (χ4n) is 1.36. The van der Waals surface area contributed by atoms with Gasteiger partial charge in [-0.2, -0.15) is 0 Å². The van der Waals surface area contributed by atoms with Crippen LogP contribution in [-0.4, -0.2) is 40.4 Å². The Kier molecular flexibility index (Phi) is 6.43. The lowest BCUT2D eigenvalue weighted by molar-refractivity contribution is 0.301. The molecule has 4 heteroatoms. The summed E-state index contributed by atoms with van der Waals surface area (Å²) in [6, 6.07) is 5.93. The van der Waals surface area contributed by atoms with E-state index in [0.29, 0.717) is 13.2 Å². The fraction of sp³-hybridized carbons (Fsp3) is 0.538. The SMILES string of the molecule is CNCCOc1ccc(C)c(OCCNC)c1. The van der Waals surface area contributed by atoms with Crippen molar-refractivity contribution in [3.63, 3.8) is 0 Å². The van der Waals surface area contributed by atoms with Crippen LogP contribution in [-0.2, 0) is 0 Å². The predicted molar refractivity (Wildman–Crippen MR) is 70.0 cm³/mol. The van der Waals surface area contributed by atoms with Crippen LogP contribution in [0, 0.1) is 6.92 Å². The molecule has 0 aliphatic rings. The van der Waals surface area contributed by atoms with Crippen molar-refractivity contribution in [2.24, 2.45) is 0 Å². The second-order valence-electron chi connectivity index (χ2n) is 3.83. The Bertz CT molecular complexity index is 329. The average Bonchev–Trinajstić information content (AvgIpc) is 2.33. The molecular weight excluding hydrogens is 216 g/mol. The minimum absolute atomic E-state index is 0.662. The highest BCUT2D eigenvalue weighted by Gasteiger charge is 2.02. The molecule has 0 radical (unpaired) electrons. The summed E-state index contributed by atoms with van der Waals surface area (Å²) < 4.78 is 11.3. The number of aryl methyl sites for hydroxylation is 1. The molecule has 0 amide bonds. The summed E-state index contributed by atoms with van der Waals surface area (Å²) in [4.78, 5) is 0. The third-order valence-corrected chi connectivity index (χ3v) is 2.39. The lowest BCUT2D eigenvalue weighted by Gasteiger charge is -2.11. The molecule has 2 N–H and O–H groups in total. The van der Waals surface area contributed by atoms with Crippen LogP contribution in [0.4, 0.5) is 0 Å². The first kappa shape index (κ1) is 13.8. The number of ether oxygens (including phenoxy) is 2. The van der Waals surface area contributed by atoms with Gasteiger partial charge in [0, 0.05) is 19.2 Å². The van der Waals surface area contributed by atoms with Crippen LogP contribution in [0.2, 0.25) is 0 Å². The van der Waals surface area contributed by atoms with E-state index in [2.05, 4.69) is 10.6 Å². The first-order valence-electron chi connectivity index (χ1n) is 5.93. The summed E-state index contributed by atoms with van der Waals surface area (Å²) in [5.41, 5.74) is 1.13. The highest BCUT2D eigenvalue weighted by Crippen LogP contribution is 2.24. The molecule has 0 saturated heterocycles. The van der Waals surface area contributed by atoms with E-state index in [1.807, 2.05) is 39.2 Å². The van der Waals surface area contributed by atoms with E-state index in [-0.39, 0.29) is 0 Å². The molecule has 0 heterocycles. The molecule has 1 aromatic carbocycles. The first-order valence-corrected chi connectivity index (χ1v) is 5.93. The third-order valence-electron chi connectivity index (χ3n) is 2.39. The summed E-state index contributed by atoms with van der Waals surface area (Å²) in [6.45, 7) is 5.03. The molecule has 0 spiro atoms. The maximum absolute atomic E-state index is 5.67. The number of rotatable bonds is 8. The van der Waals surface area contributed by atoms with Gasteiger partial charge in [-0.3, -0.25) is 0 Å². The minimum Gasteiger partial charge on any atom is -0.492 e. The van der Waals surface area contributed by atoms with Crippen LogP contribution in [0.25, 0.3) is 0 Å². The third kappa shape index (κ3) is 5.06. The average molecular weight is 238 g/mol. The van der Waals surface area contributed by atoms with Crippen molar-refractivity contribution < 1.29 is 9.47 Å². The van der Waals surface area contributed by atoms with Crippen molar-refractivity contribution in [2.45, 2.75) is 6.92 Å². The van der Waals surface area contributed by atoms with E-state index < -0.39 is 0 Å². The maximum atomic E-state index is 5.67. The molecule has 96 valence electrons. The van der Waals surface area contributed by atoms with Crippen LogP contribution in [0.1, 0.15) is 5.56 Å². The smallest absolute Gasteiger partial charge is 0.125 e. The van der Waals surface area contributed by atoms with Crippen molar-refractivity contribution in [1.29, 1.82) is 0 Å². The van der Waals surface area contributed by atoms with Crippen LogP contribution in [0.3, 0.4) is 0 Å². The Balaban J connectivity index is 2.53. The lowest BCUT2D eigenvalue weighted by atomic mass is 10.2. The van der Waals surface area contributed by atoms with E-state index in [4.69, 9.17) is 9.47 Å². The number of benzene rings is 1. The summed E-state index contributed by atoms with van der Waals surface area (Å²) in [5, 5.41) is 6.09. The zero-order valence-corrected chi connectivity index (χ0v) is 10.9. The Morgan fingerprint density at radius 1 is 1.00 bits per heavy atom. The molecule has 17 heavy (non-hydrogen) atoms. The molecule has 0 atom stereocenters. The van der Waals surface area contributed by atoms with Crippen molar-refractivity contribution in [2.75, 3.05) is 40.4 Å². The Morgan fingerprint density at radius 3 is 2.29 bits per heavy atom. The molecule has 0 aliphatic carbocycles. The summed E-state index contributed by atoms with van der Waals surface area (Å²) >= 11 is 0. The van der Waals surface area contributed by atoms with E-state index in [1.54, 1.807) is 0 Å². The van der Waals surface area contributed by atoms with Crippen molar-refractivity contribution >= 4 is 0 Å². The second-order valence-corrected chi connectivity index (χ2v) is 3.83. The predicted octanol–water partition coefficient (Wildman–Crippen LogP) is 1.19. The standard InChI is InChI=1S/C13H22N2O2/c1-11-4-5-12(16-8-6-14-2)10-13(11)17-9-7-15-3/h4-5,10,14-15H,6-9H2,1-3H3. The van der Waals surface area contributed by atoms with Gasteiger partial charge < -0.3 is 20.1 Å². The highest BCUT2D eigenvalue weighted by atomic mass is 16.5. The van der Waals surface area contributed by atoms with Gasteiger partial charge in [0.15, 0.2) is 0 Å². The normalized spacial score (nSPS) is 10.3. The molecule has 0 fully saturated rings. The monoisotopic (exact) mass is 238 g/mol. The van der Waals surface area contributed by atoms with Gasteiger partial charge in [0.25, 0.3) is 0 Å². The molecule has 1 aromatic rings. The lowest BCUT2D eigenvalue weighted by Crippen LogP contribution is -2.17. The Hall–Kier alpha value is -1.26. The van der Waals surface area contributed by atoms with Crippen LogP contribution in [0.5, 0.6) is 11.5 Å². The van der Waals surface area contributed by atoms with Crippen molar-refractivity contribution in [3.8, 4) is 11.5 Å². The van der Waals surface area contributed by atoms with Crippen LogP contribution >= 0.6 is 0 Å². The minimum atomic E-state index is 0.662. The fourth-order valence-corrected chi connectivity index (χ4v) is 1.36. The maximum Gasteiger partial charge on any atom is 0.125 e. The van der Waals surface area contributed by atoms with Crippen molar-refractivity contribution in [1.82, 2.24) is 10.6 Å². The number of nitrogens with one attached hydrogen (secondary N) is 2. The largest absolute Gasteiger partial charge is 0.492 e. The topological polar surface area (TPSA) is 42.5 Å².